The van der Waals surface area contributed by atoms with Crippen molar-refractivity contribution in [3.63, 3.8) is 0 Å². The maximum absolute atomic E-state index is 11.4. The summed E-state index contributed by atoms with van der Waals surface area (Å²) in [6.07, 6.45) is 0.931. The molecule has 1 amide bonds. The van der Waals surface area contributed by atoms with E-state index in [0.717, 1.165) is 6.42 Å². The topological polar surface area (TPSA) is 92.9 Å². The normalized spacial score (nSPS) is 10.0. The molecule has 0 fully saturated rings. The van der Waals surface area contributed by atoms with Crippen molar-refractivity contribution in [2.24, 2.45) is 0 Å². The van der Waals surface area contributed by atoms with Crippen LogP contribution < -0.4 is 16.4 Å². The zero-order valence-corrected chi connectivity index (χ0v) is 10.8. The van der Waals surface area contributed by atoms with Crippen molar-refractivity contribution in [1.29, 1.82) is 0 Å². The Labute approximate surface area is 105 Å². The van der Waals surface area contributed by atoms with Gasteiger partial charge in [0.05, 0.1) is 5.75 Å². The molecule has 0 spiro atoms. The lowest BCUT2D eigenvalue weighted by molar-refractivity contribution is -0.118. The highest BCUT2D eigenvalue weighted by Gasteiger charge is 2.05. The van der Waals surface area contributed by atoms with Crippen molar-refractivity contribution in [1.82, 2.24) is 15.3 Å². The number of nitrogens with two attached hydrogens (primary N) is 1. The molecular weight excluding hydrogens is 238 g/mol. The number of hydrogen-bond acceptors (Lipinski definition) is 6. The third kappa shape index (κ3) is 4.90. The summed E-state index contributed by atoms with van der Waals surface area (Å²) < 4.78 is 0. The molecule has 0 aliphatic heterocycles. The van der Waals surface area contributed by atoms with Gasteiger partial charge in [-0.3, -0.25) is 4.79 Å². The third-order valence-electron chi connectivity index (χ3n) is 1.90. The van der Waals surface area contributed by atoms with Crippen molar-refractivity contribution in [3.8, 4) is 0 Å². The molecule has 7 heteroatoms. The molecule has 0 bridgehead atoms. The van der Waals surface area contributed by atoms with E-state index in [2.05, 4.69) is 20.6 Å². The van der Waals surface area contributed by atoms with Crippen molar-refractivity contribution in [2.75, 3.05) is 30.4 Å². The fourth-order valence-electron chi connectivity index (χ4n) is 1.10. The quantitative estimate of drug-likeness (QED) is 0.512. The van der Waals surface area contributed by atoms with Crippen LogP contribution in [0.15, 0.2) is 11.1 Å². The molecule has 0 atom stereocenters. The van der Waals surface area contributed by atoms with Gasteiger partial charge in [0.1, 0.15) is 10.8 Å². The Morgan fingerprint density at radius 3 is 2.94 bits per heavy atom. The molecule has 1 rings (SSSR count). The van der Waals surface area contributed by atoms with Gasteiger partial charge in [-0.25, -0.2) is 4.98 Å². The van der Waals surface area contributed by atoms with Gasteiger partial charge < -0.3 is 16.4 Å². The highest BCUT2D eigenvalue weighted by atomic mass is 32.2. The average Bonchev–Trinajstić information content (AvgIpc) is 2.33. The molecule has 0 aliphatic carbocycles. The molecule has 0 saturated carbocycles. The first-order valence-corrected chi connectivity index (χ1v) is 6.36. The van der Waals surface area contributed by atoms with Crippen molar-refractivity contribution in [2.45, 2.75) is 18.4 Å². The van der Waals surface area contributed by atoms with Crippen molar-refractivity contribution in [3.05, 3.63) is 6.07 Å². The Morgan fingerprint density at radius 1 is 1.53 bits per heavy atom. The maximum atomic E-state index is 11.4. The van der Waals surface area contributed by atoms with Crippen LogP contribution in [0.25, 0.3) is 0 Å². The van der Waals surface area contributed by atoms with E-state index >= 15 is 0 Å². The second-order valence-corrected chi connectivity index (χ2v) is 4.33. The minimum Gasteiger partial charge on any atom is -0.373 e. The number of rotatable bonds is 6. The van der Waals surface area contributed by atoms with Gasteiger partial charge in [0.2, 0.25) is 11.9 Å². The summed E-state index contributed by atoms with van der Waals surface area (Å²) in [6, 6.07) is 1.76. The van der Waals surface area contributed by atoms with Crippen LogP contribution in [0.1, 0.15) is 13.3 Å². The zero-order chi connectivity index (χ0) is 12.7. The van der Waals surface area contributed by atoms with Crippen LogP contribution in [0, 0.1) is 0 Å². The number of nitrogens with one attached hydrogen (secondary N) is 2. The molecule has 1 aromatic heterocycles. The fraction of sp³-hybridized carbons (Fsp3) is 0.500. The molecule has 1 heterocycles. The van der Waals surface area contributed by atoms with E-state index in [4.69, 9.17) is 5.73 Å². The predicted molar refractivity (Wildman–Crippen MR) is 70.0 cm³/mol. The summed E-state index contributed by atoms with van der Waals surface area (Å²) in [5.41, 5.74) is 5.55. The Hall–Kier alpha value is -1.50. The first kappa shape index (κ1) is 13.6. The van der Waals surface area contributed by atoms with Crippen LogP contribution in [-0.2, 0) is 4.79 Å². The number of aromatic nitrogens is 2. The Balaban J connectivity index is 2.51. The lowest BCUT2D eigenvalue weighted by Gasteiger charge is -2.05. The molecule has 17 heavy (non-hydrogen) atoms. The van der Waals surface area contributed by atoms with Gasteiger partial charge in [-0.05, 0) is 6.42 Å². The van der Waals surface area contributed by atoms with Gasteiger partial charge in [-0.1, -0.05) is 18.7 Å². The Morgan fingerprint density at radius 2 is 2.29 bits per heavy atom. The summed E-state index contributed by atoms with van der Waals surface area (Å²) in [5, 5.41) is 6.37. The Bertz CT molecular complexity index is 385. The van der Waals surface area contributed by atoms with Gasteiger partial charge in [-0.2, -0.15) is 4.98 Å². The molecule has 4 N–H and O–H groups in total. The van der Waals surface area contributed by atoms with E-state index in [1.165, 1.54) is 11.8 Å². The lowest BCUT2D eigenvalue weighted by Crippen LogP contribution is -2.25. The van der Waals surface area contributed by atoms with E-state index < -0.39 is 0 Å². The van der Waals surface area contributed by atoms with E-state index in [0.29, 0.717) is 23.1 Å². The first-order chi connectivity index (χ1) is 8.15. The summed E-state index contributed by atoms with van der Waals surface area (Å²) >= 11 is 1.34. The molecule has 94 valence electrons. The standard InChI is InChI=1S/C10H17N5OS/c1-3-4-13-8(16)6-17-9-5-7(12-2)14-10(11)15-9/h5H,3-4,6H2,1-2H3,(H,13,16)(H3,11,12,14,15). The number of anilines is 2. The highest BCUT2D eigenvalue weighted by molar-refractivity contribution is 7.99. The smallest absolute Gasteiger partial charge is 0.230 e. The molecule has 0 unspecified atom stereocenters. The van der Waals surface area contributed by atoms with Gasteiger partial charge in [0.15, 0.2) is 0 Å². The number of nitrogens with zero attached hydrogens (tertiary/aromatic N) is 2. The van der Waals surface area contributed by atoms with Crippen LogP contribution in [0.2, 0.25) is 0 Å². The van der Waals surface area contributed by atoms with Crippen LogP contribution in [-0.4, -0.2) is 35.2 Å². The van der Waals surface area contributed by atoms with Crippen LogP contribution in [0.3, 0.4) is 0 Å². The van der Waals surface area contributed by atoms with Gasteiger partial charge in [0, 0.05) is 19.7 Å². The summed E-state index contributed by atoms with van der Waals surface area (Å²) in [5.74, 6) is 1.18. The predicted octanol–water partition coefficient (Wildman–Crippen LogP) is 0.719. The minimum atomic E-state index is 0.0000383. The second kappa shape index (κ2) is 6.95. The number of hydrogen-bond donors (Lipinski definition) is 3. The summed E-state index contributed by atoms with van der Waals surface area (Å²) in [7, 11) is 1.75. The molecule has 1 aromatic rings. The van der Waals surface area contributed by atoms with E-state index in [9.17, 15) is 4.79 Å². The SMILES string of the molecule is CCCNC(=O)CSc1cc(NC)nc(N)n1. The average molecular weight is 255 g/mol. The van der Waals surface area contributed by atoms with E-state index in [-0.39, 0.29) is 11.9 Å². The number of carbonyl (C=O) groups excluding carboxylic acids is 1. The Kier molecular flexibility index (Phi) is 5.55. The largest absolute Gasteiger partial charge is 0.373 e. The highest BCUT2D eigenvalue weighted by Crippen LogP contribution is 2.18. The van der Waals surface area contributed by atoms with Gasteiger partial charge in [0.25, 0.3) is 0 Å². The van der Waals surface area contributed by atoms with Crippen molar-refractivity contribution < 1.29 is 4.79 Å². The third-order valence-corrected chi connectivity index (χ3v) is 2.81. The number of amides is 1. The summed E-state index contributed by atoms with van der Waals surface area (Å²) in [4.78, 5) is 19.4. The molecule has 6 nitrogen and oxygen atoms in total. The maximum Gasteiger partial charge on any atom is 0.230 e. The van der Waals surface area contributed by atoms with Gasteiger partial charge >= 0.3 is 0 Å². The summed E-state index contributed by atoms with van der Waals surface area (Å²) in [6.45, 7) is 2.71. The van der Waals surface area contributed by atoms with Gasteiger partial charge in [-0.15, -0.1) is 0 Å². The zero-order valence-electron chi connectivity index (χ0n) is 9.99. The molecule has 0 saturated heterocycles. The van der Waals surface area contributed by atoms with E-state index in [1.54, 1.807) is 13.1 Å². The minimum absolute atomic E-state index is 0.0000383. The first-order valence-electron chi connectivity index (χ1n) is 5.37. The van der Waals surface area contributed by atoms with Crippen LogP contribution in [0.4, 0.5) is 11.8 Å². The van der Waals surface area contributed by atoms with Crippen LogP contribution in [0.5, 0.6) is 0 Å². The molecular formula is C10H17N5OS. The number of thioether (sulfide) groups is 1. The number of nitrogen functional groups attached to an aromatic ring is 1. The fourth-order valence-corrected chi connectivity index (χ4v) is 1.83. The second-order valence-electron chi connectivity index (χ2n) is 3.34. The lowest BCUT2D eigenvalue weighted by atomic mass is 10.5. The monoisotopic (exact) mass is 255 g/mol. The molecule has 0 radical (unpaired) electrons. The van der Waals surface area contributed by atoms with Crippen LogP contribution >= 0.6 is 11.8 Å². The van der Waals surface area contributed by atoms with Crippen molar-refractivity contribution >= 4 is 29.4 Å². The molecule has 0 aromatic carbocycles. The molecule has 0 aliphatic rings. The number of carbonyl (C=O) groups is 1. The van der Waals surface area contributed by atoms with E-state index in [1.807, 2.05) is 6.92 Å².